The van der Waals surface area contributed by atoms with E-state index in [0.29, 0.717) is 16.9 Å². The summed E-state index contributed by atoms with van der Waals surface area (Å²) >= 11 is 0. The monoisotopic (exact) mass is 311 g/mol. The molecule has 5 heteroatoms. The Morgan fingerprint density at radius 2 is 1.83 bits per heavy atom. The molecular formula is C18H18FN3O. The molecule has 23 heavy (non-hydrogen) atoms. The van der Waals surface area contributed by atoms with Crippen molar-refractivity contribution in [1.82, 2.24) is 9.78 Å². The summed E-state index contributed by atoms with van der Waals surface area (Å²) in [6.45, 7) is 4.00. The van der Waals surface area contributed by atoms with Crippen LogP contribution in [0.15, 0.2) is 53.3 Å². The Morgan fingerprint density at radius 1 is 1.13 bits per heavy atom. The molecule has 3 rings (SSSR count). The molecule has 3 N–H and O–H groups in total. The topological polar surface area (TPSA) is 63.8 Å². The smallest absolute Gasteiger partial charge is 0.279 e. The molecule has 0 unspecified atom stereocenters. The van der Waals surface area contributed by atoms with Gasteiger partial charge in [-0.05, 0) is 41.8 Å². The highest BCUT2D eigenvalue weighted by Gasteiger charge is 2.19. The number of nitrogens with one attached hydrogen (secondary N) is 1. The van der Waals surface area contributed by atoms with E-state index in [1.54, 1.807) is 24.3 Å². The number of aromatic nitrogens is 2. The van der Waals surface area contributed by atoms with Crippen molar-refractivity contribution in [1.29, 1.82) is 0 Å². The Labute approximate surface area is 133 Å². The number of anilines is 1. The molecule has 2 aromatic carbocycles. The van der Waals surface area contributed by atoms with Gasteiger partial charge in [0.2, 0.25) is 0 Å². The van der Waals surface area contributed by atoms with Crippen molar-refractivity contribution in [2.24, 2.45) is 0 Å². The van der Waals surface area contributed by atoms with E-state index < -0.39 is 0 Å². The number of H-pyrrole nitrogens is 1. The second kappa shape index (κ2) is 5.76. The molecule has 118 valence electrons. The normalized spacial score (nSPS) is 11.1. The maximum absolute atomic E-state index is 13.5. The van der Waals surface area contributed by atoms with Gasteiger partial charge in [0.25, 0.3) is 5.56 Å². The summed E-state index contributed by atoms with van der Waals surface area (Å²) in [5, 5.41) is 3.11. The average molecular weight is 311 g/mol. The molecule has 1 aromatic heterocycles. The molecule has 0 bridgehead atoms. The van der Waals surface area contributed by atoms with Gasteiger partial charge in [-0.15, -0.1) is 0 Å². The molecule has 0 fully saturated rings. The first-order valence-corrected chi connectivity index (χ1v) is 7.44. The van der Waals surface area contributed by atoms with Crippen molar-refractivity contribution in [2.75, 3.05) is 5.73 Å². The van der Waals surface area contributed by atoms with E-state index in [2.05, 4.69) is 5.10 Å². The van der Waals surface area contributed by atoms with Crippen LogP contribution >= 0.6 is 0 Å². The van der Waals surface area contributed by atoms with E-state index in [0.717, 1.165) is 11.3 Å². The predicted molar refractivity (Wildman–Crippen MR) is 90.3 cm³/mol. The Morgan fingerprint density at radius 3 is 2.43 bits per heavy atom. The first-order valence-electron chi connectivity index (χ1n) is 7.44. The molecule has 0 spiro atoms. The SMILES string of the molecule is CC(C)c1[nH]n(-c2cccc(F)c2)c(=O)c1-c1ccc(N)cc1. The lowest BCUT2D eigenvalue weighted by molar-refractivity contribution is 0.624. The number of nitrogen functional groups attached to an aromatic ring is 1. The molecule has 0 amide bonds. The van der Waals surface area contributed by atoms with Gasteiger partial charge in [0.1, 0.15) is 5.82 Å². The first-order chi connectivity index (χ1) is 11.0. The summed E-state index contributed by atoms with van der Waals surface area (Å²) in [5.41, 5.74) is 8.81. The Kier molecular flexibility index (Phi) is 3.78. The maximum atomic E-state index is 13.5. The Bertz CT molecular complexity index is 891. The number of rotatable bonds is 3. The van der Waals surface area contributed by atoms with Crippen molar-refractivity contribution >= 4 is 5.69 Å². The lowest BCUT2D eigenvalue weighted by Crippen LogP contribution is -2.15. The third-order valence-corrected chi connectivity index (χ3v) is 3.76. The molecule has 4 nitrogen and oxygen atoms in total. The van der Waals surface area contributed by atoms with Gasteiger partial charge in [0, 0.05) is 11.4 Å². The molecule has 0 aliphatic heterocycles. The van der Waals surface area contributed by atoms with Crippen LogP contribution in [-0.2, 0) is 0 Å². The molecule has 0 radical (unpaired) electrons. The van der Waals surface area contributed by atoms with E-state index in [-0.39, 0.29) is 17.3 Å². The van der Waals surface area contributed by atoms with E-state index in [4.69, 9.17) is 5.73 Å². The number of aromatic amines is 1. The van der Waals surface area contributed by atoms with Crippen LogP contribution in [0.2, 0.25) is 0 Å². The van der Waals surface area contributed by atoms with Gasteiger partial charge in [0.15, 0.2) is 0 Å². The summed E-state index contributed by atoms with van der Waals surface area (Å²) in [6.07, 6.45) is 0. The highest BCUT2D eigenvalue weighted by Crippen LogP contribution is 2.26. The van der Waals surface area contributed by atoms with Crippen molar-refractivity contribution in [2.45, 2.75) is 19.8 Å². The molecular weight excluding hydrogens is 293 g/mol. The van der Waals surface area contributed by atoms with E-state index in [1.807, 2.05) is 26.0 Å². The first kappa shape index (κ1) is 15.1. The number of nitrogens with zero attached hydrogens (tertiary/aromatic N) is 1. The lowest BCUT2D eigenvalue weighted by atomic mass is 10.00. The average Bonchev–Trinajstić information content (AvgIpc) is 2.86. The molecule has 0 saturated carbocycles. The number of nitrogens with two attached hydrogens (primary N) is 1. The third-order valence-electron chi connectivity index (χ3n) is 3.76. The van der Waals surface area contributed by atoms with Gasteiger partial charge >= 0.3 is 0 Å². The second-order valence-corrected chi connectivity index (χ2v) is 5.80. The third kappa shape index (κ3) is 2.77. The maximum Gasteiger partial charge on any atom is 0.279 e. The van der Waals surface area contributed by atoms with Gasteiger partial charge < -0.3 is 5.73 Å². The van der Waals surface area contributed by atoms with Crippen LogP contribution in [0.25, 0.3) is 16.8 Å². The largest absolute Gasteiger partial charge is 0.399 e. The zero-order chi connectivity index (χ0) is 16.6. The molecule has 1 heterocycles. The van der Waals surface area contributed by atoms with E-state index >= 15 is 0 Å². The Balaban J connectivity index is 2.24. The van der Waals surface area contributed by atoms with Gasteiger partial charge in [-0.25, -0.2) is 9.07 Å². The summed E-state index contributed by atoms with van der Waals surface area (Å²) < 4.78 is 14.9. The standard InChI is InChI=1S/C18H18FN3O/c1-11(2)17-16(12-6-8-14(20)9-7-12)18(23)22(21-17)15-5-3-4-13(19)10-15/h3-11,21H,20H2,1-2H3. The minimum Gasteiger partial charge on any atom is -0.399 e. The minimum atomic E-state index is -0.385. The number of halogens is 1. The zero-order valence-electron chi connectivity index (χ0n) is 13.0. The Hall–Kier alpha value is -2.82. The summed E-state index contributed by atoms with van der Waals surface area (Å²) in [6, 6.07) is 13.1. The number of hydrogen-bond acceptors (Lipinski definition) is 2. The molecule has 0 aliphatic carbocycles. The minimum absolute atomic E-state index is 0.116. The van der Waals surface area contributed by atoms with Crippen LogP contribution < -0.4 is 11.3 Å². The van der Waals surface area contributed by atoms with Crippen LogP contribution in [0.3, 0.4) is 0 Å². The van der Waals surface area contributed by atoms with Crippen molar-refractivity contribution in [3.63, 3.8) is 0 Å². The van der Waals surface area contributed by atoms with Crippen molar-refractivity contribution in [3.05, 3.63) is 70.4 Å². The van der Waals surface area contributed by atoms with E-state index in [1.165, 1.54) is 16.8 Å². The lowest BCUT2D eigenvalue weighted by Gasteiger charge is -2.06. The van der Waals surface area contributed by atoms with Gasteiger partial charge in [-0.1, -0.05) is 32.0 Å². The fourth-order valence-electron chi connectivity index (χ4n) is 2.60. The van der Waals surface area contributed by atoms with Gasteiger partial charge in [-0.2, -0.15) is 0 Å². The van der Waals surface area contributed by atoms with Crippen LogP contribution in [0.4, 0.5) is 10.1 Å². The predicted octanol–water partition coefficient (Wildman–Crippen LogP) is 3.68. The molecule has 0 saturated heterocycles. The highest BCUT2D eigenvalue weighted by atomic mass is 19.1. The number of hydrogen-bond donors (Lipinski definition) is 2. The fraction of sp³-hybridized carbons (Fsp3) is 0.167. The summed E-state index contributed by atoms with van der Waals surface area (Å²) in [4.78, 5) is 12.9. The van der Waals surface area contributed by atoms with E-state index in [9.17, 15) is 9.18 Å². The molecule has 0 atom stereocenters. The molecule has 3 aromatic rings. The summed E-state index contributed by atoms with van der Waals surface area (Å²) in [7, 11) is 0. The molecule has 0 aliphatic rings. The zero-order valence-corrected chi connectivity index (χ0v) is 13.0. The van der Waals surface area contributed by atoms with Gasteiger partial charge in [-0.3, -0.25) is 9.89 Å². The second-order valence-electron chi connectivity index (χ2n) is 5.80. The summed E-state index contributed by atoms with van der Waals surface area (Å²) in [5.74, 6) is -0.269. The number of benzene rings is 2. The van der Waals surface area contributed by atoms with Crippen LogP contribution in [0.1, 0.15) is 25.5 Å². The highest BCUT2D eigenvalue weighted by molar-refractivity contribution is 5.68. The van der Waals surface area contributed by atoms with Crippen LogP contribution in [0, 0.1) is 5.82 Å². The quantitative estimate of drug-likeness (QED) is 0.725. The van der Waals surface area contributed by atoms with Crippen LogP contribution in [-0.4, -0.2) is 9.78 Å². The fourth-order valence-corrected chi connectivity index (χ4v) is 2.60. The van der Waals surface area contributed by atoms with Crippen LogP contribution in [0.5, 0.6) is 0 Å². The van der Waals surface area contributed by atoms with Crippen molar-refractivity contribution in [3.8, 4) is 16.8 Å². The van der Waals surface area contributed by atoms with Gasteiger partial charge in [0.05, 0.1) is 11.3 Å². The van der Waals surface area contributed by atoms with Crippen molar-refractivity contribution < 1.29 is 4.39 Å².